The molecule has 0 N–H and O–H groups in total. The summed E-state index contributed by atoms with van der Waals surface area (Å²) in [6.07, 6.45) is 0. The van der Waals surface area contributed by atoms with Crippen LogP contribution in [-0.4, -0.2) is 7.11 Å². The molecule has 0 aliphatic heterocycles. The average molecular weight is 1030 g/mol. The van der Waals surface area contributed by atoms with Crippen LogP contribution in [-0.2, 0) is 0 Å². The van der Waals surface area contributed by atoms with Gasteiger partial charge in [0.2, 0.25) is 0 Å². The second-order valence-corrected chi connectivity index (χ2v) is 21.3. The molecule has 0 radical (unpaired) electrons. The topological polar surface area (TPSA) is 9.23 Å². The minimum absolute atomic E-state index is 0.818. The number of fused-ring (bicyclic) bond motifs is 12. The molecule has 0 fully saturated rings. The Kier molecular flexibility index (Phi) is 11.7. The van der Waals surface area contributed by atoms with Crippen LogP contribution < -0.4 is 4.74 Å². The van der Waals surface area contributed by atoms with E-state index in [2.05, 4.69) is 298 Å². The zero-order valence-electron chi connectivity index (χ0n) is 45.1. The van der Waals surface area contributed by atoms with E-state index >= 15 is 0 Å². The van der Waals surface area contributed by atoms with E-state index in [1.807, 2.05) is 0 Å². The summed E-state index contributed by atoms with van der Waals surface area (Å²) < 4.78 is 5.86. The maximum atomic E-state index is 5.86. The second-order valence-electron chi connectivity index (χ2n) is 21.3. The highest BCUT2D eigenvalue weighted by atomic mass is 16.5. The summed E-state index contributed by atoms with van der Waals surface area (Å²) in [6, 6.07) is 108. The Hall–Kier alpha value is -10.3. The quantitative estimate of drug-likeness (QED) is 0.131. The molecular weight excluding hydrogens is 977 g/mol. The van der Waals surface area contributed by atoms with Crippen LogP contribution in [0.2, 0.25) is 0 Å². The van der Waals surface area contributed by atoms with E-state index in [-0.39, 0.29) is 0 Å². The van der Waals surface area contributed by atoms with Gasteiger partial charge in [0, 0.05) is 0 Å². The van der Waals surface area contributed by atoms with Crippen LogP contribution in [0.4, 0.5) is 0 Å². The maximum Gasteiger partial charge on any atom is 0.118 e. The molecule has 0 aliphatic carbocycles. The lowest BCUT2D eigenvalue weighted by atomic mass is 9.75. The Morgan fingerprint density at radius 3 is 0.654 bits per heavy atom. The van der Waals surface area contributed by atoms with E-state index in [4.69, 9.17) is 4.74 Å². The lowest BCUT2D eigenvalue weighted by molar-refractivity contribution is 0.415. The summed E-state index contributed by atoms with van der Waals surface area (Å²) in [5, 5.41) is 14.8. The van der Waals surface area contributed by atoms with Crippen molar-refractivity contribution in [3.8, 4) is 94.8 Å². The van der Waals surface area contributed by atoms with Gasteiger partial charge in [0.05, 0.1) is 7.11 Å². The summed E-state index contributed by atoms with van der Waals surface area (Å²) in [5.74, 6) is 0.818. The first-order chi connectivity index (χ1) is 40.1. The van der Waals surface area contributed by atoms with Gasteiger partial charge in [0.15, 0.2) is 0 Å². The van der Waals surface area contributed by atoms with Crippen LogP contribution in [0.1, 0.15) is 5.56 Å². The third-order valence-corrected chi connectivity index (χ3v) is 16.8. The average Bonchev–Trinajstić information content (AvgIpc) is 2.22. The molecule has 1 heteroatoms. The van der Waals surface area contributed by atoms with Crippen LogP contribution in [0.15, 0.2) is 291 Å². The van der Waals surface area contributed by atoms with E-state index in [1.165, 1.54) is 131 Å². The van der Waals surface area contributed by atoms with E-state index in [9.17, 15) is 0 Å². The highest BCUT2D eigenvalue weighted by molar-refractivity contribution is 6.37. The number of rotatable bonds is 9. The van der Waals surface area contributed by atoms with Crippen molar-refractivity contribution in [1.82, 2.24) is 0 Å². The predicted octanol–water partition coefficient (Wildman–Crippen LogP) is 22.3. The number of aryl methyl sites for hydroxylation is 1. The van der Waals surface area contributed by atoms with E-state index in [1.54, 1.807) is 7.11 Å². The van der Waals surface area contributed by atoms with Gasteiger partial charge in [0.1, 0.15) is 5.75 Å². The number of ether oxygens (including phenoxy) is 1. The fourth-order valence-electron chi connectivity index (χ4n) is 13.3. The van der Waals surface area contributed by atoms with Crippen molar-refractivity contribution in [2.24, 2.45) is 0 Å². The van der Waals surface area contributed by atoms with Crippen LogP contribution in [0.5, 0.6) is 5.75 Å². The van der Waals surface area contributed by atoms with Crippen molar-refractivity contribution in [3.63, 3.8) is 0 Å². The molecular formula is C80H54O. The van der Waals surface area contributed by atoms with Crippen LogP contribution in [0.3, 0.4) is 0 Å². The molecule has 0 bridgehead atoms. The maximum absolute atomic E-state index is 5.86. The number of methoxy groups -OCH3 is 1. The van der Waals surface area contributed by atoms with Crippen LogP contribution >= 0.6 is 0 Å². The van der Waals surface area contributed by atoms with Crippen LogP contribution in [0, 0.1) is 6.92 Å². The largest absolute Gasteiger partial charge is 0.497 e. The van der Waals surface area contributed by atoms with Gasteiger partial charge in [-0.1, -0.05) is 285 Å². The van der Waals surface area contributed by atoms with Gasteiger partial charge in [-0.25, -0.2) is 0 Å². The van der Waals surface area contributed by atoms with Crippen molar-refractivity contribution in [3.05, 3.63) is 297 Å². The minimum atomic E-state index is 0.818. The van der Waals surface area contributed by atoms with E-state index in [0.29, 0.717) is 0 Å². The fourth-order valence-corrected chi connectivity index (χ4v) is 13.3. The fraction of sp³-hybridized carbons (Fsp3) is 0.0250. The van der Waals surface area contributed by atoms with Gasteiger partial charge >= 0.3 is 0 Å². The highest BCUT2D eigenvalue weighted by Crippen LogP contribution is 2.57. The Bertz CT molecular complexity index is 4890. The lowest BCUT2D eigenvalue weighted by Crippen LogP contribution is -2.00. The van der Waals surface area contributed by atoms with Gasteiger partial charge < -0.3 is 4.74 Å². The molecule has 0 unspecified atom stereocenters. The Morgan fingerprint density at radius 2 is 0.383 bits per heavy atom. The third kappa shape index (κ3) is 7.84. The molecule has 0 heterocycles. The molecule has 0 saturated carbocycles. The first-order valence-electron chi connectivity index (χ1n) is 28.0. The predicted molar refractivity (Wildman–Crippen MR) is 346 cm³/mol. The second kappa shape index (κ2) is 19.8. The SMILES string of the molecule is COc1ccc(-c2c(-c3ccc(-c4c(-c5ccccc5)c(-c5ccccc5)c5c6ccccc6c6ccccc6c5c4-c4ccc(C)cc4)cc3)c(-c3ccccc3)c(-c3ccccc3)c3c4ccccc4c4ccccc4c23)cc1. The van der Waals surface area contributed by atoms with E-state index < -0.39 is 0 Å². The Morgan fingerprint density at radius 1 is 0.185 bits per heavy atom. The number of benzene rings is 15. The van der Waals surface area contributed by atoms with Gasteiger partial charge in [-0.05, 0) is 173 Å². The molecule has 15 aromatic carbocycles. The summed E-state index contributed by atoms with van der Waals surface area (Å²) in [5.41, 5.74) is 20.0. The molecule has 81 heavy (non-hydrogen) atoms. The molecule has 0 spiro atoms. The molecule has 15 rings (SSSR count). The third-order valence-electron chi connectivity index (χ3n) is 16.8. The summed E-state index contributed by atoms with van der Waals surface area (Å²) in [7, 11) is 1.75. The summed E-state index contributed by atoms with van der Waals surface area (Å²) in [6.45, 7) is 2.18. The van der Waals surface area contributed by atoms with Crippen molar-refractivity contribution in [2.75, 3.05) is 7.11 Å². The Balaban J connectivity index is 1.14. The van der Waals surface area contributed by atoms with Crippen LogP contribution in [0.25, 0.3) is 154 Å². The van der Waals surface area contributed by atoms with E-state index in [0.717, 1.165) is 33.6 Å². The zero-order valence-corrected chi connectivity index (χ0v) is 45.1. The Labute approximate surface area is 472 Å². The number of hydrogen-bond donors (Lipinski definition) is 0. The molecule has 1 nitrogen and oxygen atoms in total. The van der Waals surface area contributed by atoms with Gasteiger partial charge in [-0.3, -0.25) is 0 Å². The molecule has 0 saturated heterocycles. The zero-order chi connectivity index (χ0) is 54.0. The molecule has 0 amide bonds. The number of hydrogen-bond acceptors (Lipinski definition) is 1. The monoisotopic (exact) mass is 1030 g/mol. The molecule has 0 atom stereocenters. The molecule has 380 valence electrons. The standard InChI is InChI=1S/C80H54O/c1-51-39-41-56(42-40-51)75-71(69(52-23-7-3-8-24-52)73(54-27-11-5-12-28-54)77-65-35-19-15-31-61(65)63-33-17-21-37-67(63)79(75)77)57-43-45-58(46-44-57)72-70(53-25-9-4-10-26-53)74(55-29-13-6-14-30-55)78-66-36-20-16-32-62(66)64-34-18-22-38-68(64)80(78)76(72)59-47-49-60(81-2)50-48-59/h3-50H,1-2H3. The minimum Gasteiger partial charge on any atom is -0.497 e. The molecule has 15 aromatic rings. The van der Waals surface area contributed by atoms with Gasteiger partial charge in [-0.15, -0.1) is 0 Å². The first kappa shape index (κ1) is 47.8. The lowest BCUT2D eigenvalue weighted by Gasteiger charge is -2.27. The van der Waals surface area contributed by atoms with Crippen molar-refractivity contribution in [1.29, 1.82) is 0 Å². The normalized spacial score (nSPS) is 11.6. The smallest absolute Gasteiger partial charge is 0.118 e. The van der Waals surface area contributed by atoms with Crippen molar-refractivity contribution < 1.29 is 4.74 Å². The van der Waals surface area contributed by atoms with Gasteiger partial charge in [-0.2, -0.15) is 0 Å². The van der Waals surface area contributed by atoms with Crippen molar-refractivity contribution in [2.45, 2.75) is 6.92 Å². The first-order valence-corrected chi connectivity index (χ1v) is 28.0. The highest BCUT2D eigenvalue weighted by Gasteiger charge is 2.30. The molecule has 0 aliphatic rings. The molecule has 0 aromatic heterocycles. The van der Waals surface area contributed by atoms with Crippen molar-refractivity contribution >= 4 is 64.6 Å². The summed E-state index contributed by atoms with van der Waals surface area (Å²) >= 11 is 0. The summed E-state index contributed by atoms with van der Waals surface area (Å²) in [4.78, 5) is 0. The van der Waals surface area contributed by atoms with Gasteiger partial charge in [0.25, 0.3) is 0 Å².